The van der Waals surface area contributed by atoms with Crippen LogP contribution >= 0.6 is 0 Å². The van der Waals surface area contributed by atoms with E-state index in [1.807, 2.05) is 0 Å². The fraction of sp³-hybridized carbons (Fsp3) is 0.875. The Morgan fingerprint density at radius 3 is 1.62 bits per heavy atom. The normalized spacial score (nSPS) is 12.1. The minimum absolute atomic E-state index is 0.0422. The lowest BCUT2D eigenvalue weighted by atomic mass is 10.1. The summed E-state index contributed by atoms with van der Waals surface area (Å²) in [6, 6.07) is 0. The van der Waals surface area contributed by atoms with Crippen LogP contribution in [0.15, 0.2) is 12.7 Å². The third kappa shape index (κ3) is 18.0. The van der Waals surface area contributed by atoms with Gasteiger partial charge in [-0.25, -0.2) is 0 Å². The highest BCUT2D eigenvalue weighted by Crippen LogP contribution is 2.14. The average molecular weight is 367 g/mol. The van der Waals surface area contributed by atoms with Gasteiger partial charge in [0.15, 0.2) is 0 Å². The minimum atomic E-state index is -0.0863. The van der Waals surface area contributed by atoms with E-state index in [2.05, 4.69) is 20.4 Å². The van der Waals surface area contributed by atoms with Crippen molar-refractivity contribution in [3.05, 3.63) is 12.7 Å². The van der Waals surface area contributed by atoms with Crippen LogP contribution in [0.1, 0.15) is 129 Å². The SMILES string of the molecule is C=CC(CCCCCCC)OC(=O)CCCCCCCCCCCCC. The Labute approximate surface area is 164 Å². The Hall–Kier alpha value is -0.790. The summed E-state index contributed by atoms with van der Waals surface area (Å²) in [5, 5.41) is 0. The lowest BCUT2D eigenvalue weighted by Gasteiger charge is -2.14. The molecule has 1 atom stereocenters. The molecule has 0 bridgehead atoms. The van der Waals surface area contributed by atoms with Gasteiger partial charge in [-0.15, -0.1) is 0 Å². The van der Waals surface area contributed by atoms with Crippen molar-refractivity contribution in [1.29, 1.82) is 0 Å². The Balaban J connectivity index is 3.44. The highest BCUT2D eigenvalue weighted by Gasteiger charge is 2.10. The Bertz CT molecular complexity index is 311. The summed E-state index contributed by atoms with van der Waals surface area (Å²) < 4.78 is 5.54. The van der Waals surface area contributed by atoms with Gasteiger partial charge in [0, 0.05) is 6.42 Å². The zero-order chi connectivity index (χ0) is 19.3. The van der Waals surface area contributed by atoms with Crippen molar-refractivity contribution < 1.29 is 9.53 Å². The highest BCUT2D eigenvalue weighted by atomic mass is 16.5. The van der Waals surface area contributed by atoms with Crippen LogP contribution in [-0.4, -0.2) is 12.1 Å². The van der Waals surface area contributed by atoms with Crippen LogP contribution in [0, 0.1) is 0 Å². The molecule has 2 nitrogen and oxygen atoms in total. The summed E-state index contributed by atoms with van der Waals surface area (Å²) in [4.78, 5) is 11.9. The molecule has 0 amide bonds. The maximum absolute atomic E-state index is 11.9. The quantitative estimate of drug-likeness (QED) is 0.123. The van der Waals surface area contributed by atoms with E-state index < -0.39 is 0 Å². The smallest absolute Gasteiger partial charge is 0.306 e. The van der Waals surface area contributed by atoms with Gasteiger partial charge in [0.25, 0.3) is 0 Å². The van der Waals surface area contributed by atoms with Gasteiger partial charge in [0.1, 0.15) is 6.10 Å². The van der Waals surface area contributed by atoms with Crippen LogP contribution in [0.25, 0.3) is 0 Å². The molecule has 0 radical (unpaired) electrons. The van der Waals surface area contributed by atoms with E-state index in [-0.39, 0.29) is 12.1 Å². The van der Waals surface area contributed by atoms with Crippen LogP contribution in [0.2, 0.25) is 0 Å². The van der Waals surface area contributed by atoms with Crippen molar-refractivity contribution in [2.45, 2.75) is 136 Å². The van der Waals surface area contributed by atoms with Crippen LogP contribution < -0.4 is 0 Å². The molecule has 154 valence electrons. The molecule has 26 heavy (non-hydrogen) atoms. The summed E-state index contributed by atoms with van der Waals surface area (Å²) in [7, 11) is 0. The Morgan fingerprint density at radius 1 is 0.731 bits per heavy atom. The molecule has 0 aliphatic rings. The fourth-order valence-corrected chi connectivity index (χ4v) is 3.34. The molecule has 0 heterocycles. The van der Waals surface area contributed by atoms with Gasteiger partial charge >= 0.3 is 5.97 Å². The molecule has 0 spiro atoms. The lowest BCUT2D eigenvalue weighted by Crippen LogP contribution is -2.15. The molecule has 0 saturated heterocycles. The predicted molar refractivity (Wildman–Crippen MR) is 115 cm³/mol. The molecule has 0 fully saturated rings. The zero-order valence-electron chi connectivity index (χ0n) is 17.9. The van der Waals surface area contributed by atoms with Crippen molar-refractivity contribution >= 4 is 5.97 Å². The molecule has 0 rings (SSSR count). The first-order chi connectivity index (χ1) is 12.7. The van der Waals surface area contributed by atoms with E-state index in [0.29, 0.717) is 6.42 Å². The van der Waals surface area contributed by atoms with Gasteiger partial charge in [-0.05, 0) is 19.3 Å². The molecular weight excluding hydrogens is 320 g/mol. The number of hydrogen-bond acceptors (Lipinski definition) is 2. The maximum Gasteiger partial charge on any atom is 0.306 e. The van der Waals surface area contributed by atoms with Crippen molar-refractivity contribution in [3.63, 3.8) is 0 Å². The highest BCUT2D eigenvalue weighted by molar-refractivity contribution is 5.69. The van der Waals surface area contributed by atoms with Crippen LogP contribution in [0.3, 0.4) is 0 Å². The summed E-state index contributed by atoms with van der Waals surface area (Å²) in [6.45, 7) is 8.30. The van der Waals surface area contributed by atoms with E-state index in [9.17, 15) is 4.79 Å². The number of carbonyl (C=O) groups is 1. The number of hydrogen-bond donors (Lipinski definition) is 0. The van der Waals surface area contributed by atoms with E-state index in [1.54, 1.807) is 6.08 Å². The van der Waals surface area contributed by atoms with Gasteiger partial charge in [0.05, 0.1) is 0 Å². The monoisotopic (exact) mass is 366 g/mol. The Kier molecular flexibility index (Phi) is 19.9. The molecule has 0 saturated carbocycles. The topological polar surface area (TPSA) is 26.3 Å². The minimum Gasteiger partial charge on any atom is -0.458 e. The van der Waals surface area contributed by atoms with Crippen molar-refractivity contribution in [2.24, 2.45) is 0 Å². The van der Waals surface area contributed by atoms with E-state index in [0.717, 1.165) is 25.7 Å². The number of ether oxygens (including phenoxy) is 1. The standard InChI is InChI=1S/C24H46O2/c1-4-7-9-11-12-13-14-15-16-18-20-22-24(25)26-23(6-3)21-19-17-10-8-5-2/h6,23H,3-5,7-22H2,1-2H3. The Morgan fingerprint density at radius 2 is 1.15 bits per heavy atom. The van der Waals surface area contributed by atoms with Crippen molar-refractivity contribution in [2.75, 3.05) is 0 Å². The largest absolute Gasteiger partial charge is 0.458 e. The van der Waals surface area contributed by atoms with Gasteiger partial charge < -0.3 is 4.74 Å². The molecule has 0 N–H and O–H groups in total. The third-order valence-corrected chi connectivity index (χ3v) is 5.12. The van der Waals surface area contributed by atoms with Crippen molar-refractivity contribution in [3.8, 4) is 0 Å². The number of esters is 1. The number of unbranched alkanes of at least 4 members (excludes halogenated alkanes) is 14. The maximum atomic E-state index is 11.9. The van der Waals surface area contributed by atoms with Gasteiger partial charge in [0.2, 0.25) is 0 Å². The summed E-state index contributed by atoms with van der Waals surface area (Å²) in [5.74, 6) is -0.0422. The second-order valence-electron chi connectivity index (χ2n) is 7.75. The summed E-state index contributed by atoms with van der Waals surface area (Å²) in [6.07, 6.45) is 23.8. The molecule has 0 aromatic heterocycles. The number of rotatable bonds is 20. The summed E-state index contributed by atoms with van der Waals surface area (Å²) >= 11 is 0. The first-order valence-corrected chi connectivity index (χ1v) is 11.6. The number of carbonyl (C=O) groups excluding carboxylic acids is 1. The van der Waals surface area contributed by atoms with Gasteiger partial charge in [-0.3, -0.25) is 4.79 Å². The van der Waals surface area contributed by atoms with Gasteiger partial charge in [-0.2, -0.15) is 0 Å². The molecule has 1 unspecified atom stereocenters. The molecule has 2 heteroatoms. The zero-order valence-corrected chi connectivity index (χ0v) is 17.9. The molecule has 0 aliphatic heterocycles. The fourth-order valence-electron chi connectivity index (χ4n) is 3.34. The third-order valence-electron chi connectivity index (χ3n) is 5.12. The second kappa shape index (κ2) is 20.5. The van der Waals surface area contributed by atoms with E-state index >= 15 is 0 Å². The molecule has 0 aliphatic carbocycles. The van der Waals surface area contributed by atoms with Crippen LogP contribution in [0.5, 0.6) is 0 Å². The van der Waals surface area contributed by atoms with Crippen molar-refractivity contribution in [1.82, 2.24) is 0 Å². The second-order valence-corrected chi connectivity index (χ2v) is 7.75. The first-order valence-electron chi connectivity index (χ1n) is 11.6. The average Bonchev–Trinajstić information content (AvgIpc) is 2.65. The molecule has 0 aromatic carbocycles. The molecule has 0 aromatic rings. The van der Waals surface area contributed by atoms with E-state index in [4.69, 9.17) is 4.74 Å². The van der Waals surface area contributed by atoms with Crippen LogP contribution in [0.4, 0.5) is 0 Å². The lowest BCUT2D eigenvalue weighted by molar-refractivity contribution is -0.147. The summed E-state index contributed by atoms with van der Waals surface area (Å²) in [5.41, 5.74) is 0. The predicted octanol–water partition coefficient (Wildman–Crippen LogP) is 8.15. The van der Waals surface area contributed by atoms with Crippen LogP contribution in [-0.2, 0) is 9.53 Å². The van der Waals surface area contributed by atoms with Gasteiger partial charge in [-0.1, -0.05) is 116 Å². The molecular formula is C24H46O2. The van der Waals surface area contributed by atoms with E-state index in [1.165, 1.54) is 83.5 Å². The first kappa shape index (κ1) is 25.2.